The summed E-state index contributed by atoms with van der Waals surface area (Å²) in [6.45, 7) is 0.793. The molecule has 0 spiro atoms. The number of nitrogens with two attached hydrogens (primary N) is 1. The molecule has 0 aliphatic carbocycles. The first-order valence-corrected chi connectivity index (χ1v) is 5.37. The second-order valence-electron chi connectivity index (χ2n) is 3.44. The van der Waals surface area contributed by atoms with E-state index in [-0.39, 0.29) is 0 Å². The molecule has 3 nitrogen and oxygen atoms in total. The minimum Gasteiger partial charge on any atom is -0.478 e. The van der Waals surface area contributed by atoms with E-state index >= 15 is 0 Å². The number of carboxylic acids is 1. The molecule has 0 aliphatic rings. The minimum atomic E-state index is -0.854. The van der Waals surface area contributed by atoms with Crippen LogP contribution in [0.2, 0.25) is 0 Å². The third-order valence-electron chi connectivity index (χ3n) is 2.09. The van der Waals surface area contributed by atoms with Crippen molar-refractivity contribution in [3.63, 3.8) is 0 Å². The van der Waals surface area contributed by atoms with E-state index in [1.807, 2.05) is 0 Å². The zero-order chi connectivity index (χ0) is 10.6. The molecule has 0 aromatic rings. The fourth-order valence-electron chi connectivity index (χ4n) is 1.30. The van der Waals surface area contributed by atoms with Crippen molar-refractivity contribution < 1.29 is 9.90 Å². The van der Waals surface area contributed by atoms with E-state index < -0.39 is 5.97 Å². The first kappa shape index (κ1) is 13.2. The number of rotatable bonds is 9. The predicted molar refractivity (Wildman–Crippen MR) is 58.1 cm³/mol. The van der Waals surface area contributed by atoms with Gasteiger partial charge in [-0.15, -0.1) is 0 Å². The van der Waals surface area contributed by atoms with Crippen LogP contribution in [0.15, 0.2) is 12.2 Å². The monoisotopic (exact) mass is 199 g/mol. The van der Waals surface area contributed by atoms with Crippen LogP contribution in [0.25, 0.3) is 0 Å². The van der Waals surface area contributed by atoms with Crippen LogP contribution in [-0.4, -0.2) is 17.6 Å². The van der Waals surface area contributed by atoms with E-state index in [1.165, 1.54) is 31.8 Å². The molecule has 0 aromatic heterocycles. The Labute approximate surface area is 86.0 Å². The summed E-state index contributed by atoms with van der Waals surface area (Å²) in [5, 5.41) is 8.31. The Hall–Kier alpha value is -0.830. The van der Waals surface area contributed by atoms with Crippen LogP contribution in [0.5, 0.6) is 0 Å². The fraction of sp³-hybridized carbons (Fsp3) is 0.727. The summed E-state index contributed by atoms with van der Waals surface area (Å²) in [6, 6.07) is 0. The maximum absolute atomic E-state index is 10.1. The van der Waals surface area contributed by atoms with Crippen molar-refractivity contribution in [1.29, 1.82) is 0 Å². The summed E-state index contributed by atoms with van der Waals surface area (Å²) in [6.07, 6.45) is 10.9. The Bertz CT molecular complexity index is 167. The van der Waals surface area contributed by atoms with Crippen molar-refractivity contribution in [2.24, 2.45) is 5.73 Å². The molecule has 3 N–H and O–H groups in total. The van der Waals surface area contributed by atoms with Gasteiger partial charge in [0.1, 0.15) is 0 Å². The van der Waals surface area contributed by atoms with Crippen molar-refractivity contribution in [3.8, 4) is 0 Å². The van der Waals surface area contributed by atoms with Gasteiger partial charge in [-0.25, -0.2) is 4.79 Å². The van der Waals surface area contributed by atoms with Crippen LogP contribution >= 0.6 is 0 Å². The molecule has 3 heteroatoms. The molecule has 0 saturated carbocycles. The quantitative estimate of drug-likeness (QED) is 0.442. The highest BCUT2D eigenvalue weighted by Crippen LogP contribution is 2.06. The molecule has 0 aromatic carbocycles. The Morgan fingerprint density at radius 2 is 1.64 bits per heavy atom. The van der Waals surface area contributed by atoms with Crippen molar-refractivity contribution in [2.75, 3.05) is 6.54 Å². The summed E-state index contributed by atoms with van der Waals surface area (Å²) in [5.74, 6) is -0.854. The lowest BCUT2D eigenvalue weighted by molar-refractivity contribution is -0.131. The Morgan fingerprint density at radius 1 is 1.07 bits per heavy atom. The fourth-order valence-corrected chi connectivity index (χ4v) is 1.30. The normalized spacial score (nSPS) is 10.9. The summed E-state index contributed by atoms with van der Waals surface area (Å²) < 4.78 is 0. The van der Waals surface area contributed by atoms with Gasteiger partial charge in [-0.2, -0.15) is 0 Å². The van der Waals surface area contributed by atoms with Gasteiger partial charge in [-0.05, 0) is 25.8 Å². The molecular weight excluding hydrogens is 178 g/mol. The highest BCUT2D eigenvalue weighted by Gasteiger charge is 1.90. The lowest BCUT2D eigenvalue weighted by atomic mass is 10.1. The first-order valence-electron chi connectivity index (χ1n) is 5.37. The Kier molecular flexibility index (Phi) is 9.64. The minimum absolute atomic E-state index is 0.793. The molecular formula is C11H21NO2. The van der Waals surface area contributed by atoms with Gasteiger partial charge in [0.25, 0.3) is 0 Å². The number of aliphatic carboxylic acids is 1. The summed E-state index contributed by atoms with van der Waals surface area (Å²) in [5.41, 5.74) is 5.37. The standard InChI is InChI=1S/C11H21NO2/c12-10-8-6-4-2-1-3-5-7-9-11(13)14/h7,9H,1-6,8,10,12H2,(H,13,14). The van der Waals surface area contributed by atoms with Crippen LogP contribution in [0.3, 0.4) is 0 Å². The van der Waals surface area contributed by atoms with Crippen molar-refractivity contribution >= 4 is 5.97 Å². The van der Waals surface area contributed by atoms with Gasteiger partial charge in [-0.3, -0.25) is 0 Å². The molecule has 0 heterocycles. The second kappa shape index (κ2) is 10.3. The number of hydrogen-bond donors (Lipinski definition) is 2. The number of carboxylic acid groups (broad SMARTS) is 1. The van der Waals surface area contributed by atoms with Gasteiger partial charge in [0.2, 0.25) is 0 Å². The largest absolute Gasteiger partial charge is 0.478 e. The topological polar surface area (TPSA) is 63.3 Å². The van der Waals surface area contributed by atoms with Crippen LogP contribution < -0.4 is 5.73 Å². The Balaban J connectivity index is 3.02. The van der Waals surface area contributed by atoms with Crippen molar-refractivity contribution in [2.45, 2.75) is 44.9 Å². The third-order valence-corrected chi connectivity index (χ3v) is 2.09. The third kappa shape index (κ3) is 11.2. The van der Waals surface area contributed by atoms with E-state index in [2.05, 4.69) is 0 Å². The average molecular weight is 199 g/mol. The zero-order valence-corrected chi connectivity index (χ0v) is 8.74. The molecule has 0 saturated heterocycles. The number of hydrogen-bond acceptors (Lipinski definition) is 2. The maximum atomic E-state index is 10.1. The predicted octanol–water partition coefficient (Wildman–Crippen LogP) is 2.32. The number of carbonyl (C=O) groups is 1. The Morgan fingerprint density at radius 3 is 2.21 bits per heavy atom. The van der Waals surface area contributed by atoms with E-state index in [1.54, 1.807) is 6.08 Å². The molecule has 0 radical (unpaired) electrons. The average Bonchev–Trinajstić information content (AvgIpc) is 2.15. The molecule has 0 atom stereocenters. The van der Waals surface area contributed by atoms with E-state index in [0.717, 1.165) is 25.8 Å². The molecule has 0 amide bonds. The second-order valence-corrected chi connectivity index (χ2v) is 3.44. The van der Waals surface area contributed by atoms with Gasteiger partial charge in [0.05, 0.1) is 0 Å². The molecule has 0 unspecified atom stereocenters. The zero-order valence-electron chi connectivity index (χ0n) is 8.74. The highest BCUT2D eigenvalue weighted by atomic mass is 16.4. The lowest BCUT2D eigenvalue weighted by Crippen LogP contribution is -1.97. The molecule has 0 fully saturated rings. The van der Waals surface area contributed by atoms with E-state index in [9.17, 15) is 4.79 Å². The van der Waals surface area contributed by atoms with Crippen molar-refractivity contribution in [3.05, 3.63) is 12.2 Å². The van der Waals surface area contributed by atoms with Crippen LogP contribution in [0, 0.1) is 0 Å². The molecule has 0 rings (SSSR count). The summed E-state index contributed by atoms with van der Waals surface area (Å²) >= 11 is 0. The molecule has 0 bridgehead atoms. The van der Waals surface area contributed by atoms with E-state index in [4.69, 9.17) is 10.8 Å². The van der Waals surface area contributed by atoms with Crippen LogP contribution in [-0.2, 0) is 4.79 Å². The SMILES string of the molecule is NCCCCCCCCC=CC(=O)O. The highest BCUT2D eigenvalue weighted by molar-refractivity contribution is 5.79. The molecule has 14 heavy (non-hydrogen) atoms. The number of allylic oxidation sites excluding steroid dienone is 1. The van der Waals surface area contributed by atoms with Gasteiger partial charge in [0, 0.05) is 6.08 Å². The van der Waals surface area contributed by atoms with Crippen molar-refractivity contribution in [1.82, 2.24) is 0 Å². The summed E-state index contributed by atoms with van der Waals surface area (Å²) in [7, 11) is 0. The van der Waals surface area contributed by atoms with Crippen LogP contribution in [0.4, 0.5) is 0 Å². The van der Waals surface area contributed by atoms with E-state index in [0.29, 0.717) is 0 Å². The smallest absolute Gasteiger partial charge is 0.327 e. The van der Waals surface area contributed by atoms with Gasteiger partial charge in [-0.1, -0.05) is 31.8 Å². The lowest BCUT2D eigenvalue weighted by Gasteiger charge is -1.98. The first-order chi connectivity index (χ1) is 6.77. The van der Waals surface area contributed by atoms with Crippen LogP contribution in [0.1, 0.15) is 44.9 Å². The molecule has 0 aliphatic heterocycles. The van der Waals surface area contributed by atoms with Gasteiger partial charge in [0.15, 0.2) is 0 Å². The van der Waals surface area contributed by atoms with Gasteiger partial charge < -0.3 is 10.8 Å². The van der Waals surface area contributed by atoms with Gasteiger partial charge >= 0.3 is 5.97 Å². The molecule has 82 valence electrons. The summed E-state index contributed by atoms with van der Waals surface area (Å²) in [4.78, 5) is 10.1. The maximum Gasteiger partial charge on any atom is 0.327 e. The number of unbranched alkanes of at least 4 members (excludes halogenated alkanes) is 6.